The predicted octanol–water partition coefficient (Wildman–Crippen LogP) is -2.65. The van der Waals surface area contributed by atoms with Gasteiger partial charge in [0.1, 0.15) is 0 Å². The number of hydrogen-bond donors (Lipinski definition) is 1. The molecule has 0 saturated carbocycles. The summed E-state index contributed by atoms with van der Waals surface area (Å²) in [7, 11) is 3.98. The summed E-state index contributed by atoms with van der Waals surface area (Å²) in [5, 5.41) is 0. The fourth-order valence-corrected chi connectivity index (χ4v) is 0.576. The second kappa shape index (κ2) is 4.13. The molecule has 0 heterocycles. The number of quaternary nitrogens is 1. The van der Waals surface area contributed by atoms with Crippen molar-refractivity contribution in [3.8, 4) is 0 Å². The Kier molecular flexibility index (Phi) is 5.71. The van der Waals surface area contributed by atoms with Crippen LogP contribution in [0.15, 0.2) is 0 Å². The second-order valence-electron chi connectivity index (χ2n) is 2.50. The minimum absolute atomic E-state index is 0. The molecule has 0 aromatic heterocycles. The van der Waals surface area contributed by atoms with Crippen molar-refractivity contribution < 1.29 is 17.0 Å². The van der Waals surface area contributed by atoms with Crippen molar-refractivity contribution in [3.05, 3.63) is 0 Å². The highest BCUT2D eigenvalue weighted by Gasteiger charge is 2.02. The molecule has 0 aromatic rings. The maximum Gasteiger partial charge on any atom is 0.0953 e. The third kappa shape index (κ3) is 9.51. The highest BCUT2D eigenvalue weighted by Crippen LogP contribution is 1.85. The Morgan fingerprint density at radius 3 is 1.75 bits per heavy atom. The number of nitrogens with two attached hydrogens (primary N) is 1. The Balaban J connectivity index is 0. The van der Waals surface area contributed by atoms with E-state index in [9.17, 15) is 0 Å². The standard InChI is InChI=1S/C5H15N2.ClH/c1-4-5-7(2,3)6;/h4-6H2,1-3H3;1H/q+1;/p-1. The van der Waals surface area contributed by atoms with Gasteiger partial charge < -0.3 is 12.4 Å². The van der Waals surface area contributed by atoms with Gasteiger partial charge in [0.05, 0.1) is 20.6 Å². The van der Waals surface area contributed by atoms with E-state index in [0.717, 1.165) is 13.0 Å². The maximum atomic E-state index is 5.58. The summed E-state index contributed by atoms with van der Waals surface area (Å²) >= 11 is 0. The van der Waals surface area contributed by atoms with Crippen LogP contribution in [-0.2, 0) is 0 Å². The second-order valence-corrected chi connectivity index (χ2v) is 2.50. The van der Waals surface area contributed by atoms with E-state index in [-0.39, 0.29) is 12.4 Å². The fraction of sp³-hybridized carbons (Fsp3) is 1.00. The SMILES string of the molecule is CCC[N+](C)(C)N.[Cl-]. The van der Waals surface area contributed by atoms with Gasteiger partial charge in [-0.25, -0.2) is 0 Å². The molecule has 0 unspecified atom stereocenters. The Morgan fingerprint density at radius 1 is 1.38 bits per heavy atom. The number of halogens is 1. The average molecular weight is 139 g/mol. The average Bonchev–Trinajstić information content (AvgIpc) is 1.30. The molecule has 0 aliphatic rings. The zero-order chi connectivity index (χ0) is 5.91. The summed E-state index contributed by atoms with van der Waals surface area (Å²) in [5.74, 6) is 5.58. The summed E-state index contributed by atoms with van der Waals surface area (Å²) < 4.78 is 0.594. The lowest BCUT2D eigenvalue weighted by Crippen LogP contribution is -3.00. The van der Waals surface area contributed by atoms with E-state index in [1.165, 1.54) is 0 Å². The molecule has 0 fully saturated rings. The van der Waals surface area contributed by atoms with Crippen LogP contribution >= 0.6 is 0 Å². The minimum Gasteiger partial charge on any atom is -1.00 e. The van der Waals surface area contributed by atoms with Crippen LogP contribution < -0.4 is 18.2 Å². The Morgan fingerprint density at radius 2 is 1.75 bits per heavy atom. The smallest absolute Gasteiger partial charge is 0.0953 e. The lowest BCUT2D eigenvalue weighted by Gasteiger charge is -2.20. The van der Waals surface area contributed by atoms with E-state index >= 15 is 0 Å². The van der Waals surface area contributed by atoms with Crippen molar-refractivity contribution >= 4 is 0 Å². The number of nitrogens with zero attached hydrogens (tertiary/aromatic N) is 1. The molecule has 3 heteroatoms. The zero-order valence-corrected chi connectivity index (χ0v) is 6.57. The lowest BCUT2D eigenvalue weighted by atomic mass is 10.4. The topological polar surface area (TPSA) is 26.0 Å². The number of hydrogen-bond acceptors (Lipinski definition) is 1. The van der Waals surface area contributed by atoms with Crippen LogP contribution in [-0.4, -0.2) is 25.2 Å². The Labute approximate surface area is 57.6 Å². The van der Waals surface area contributed by atoms with Crippen LogP contribution in [0.25, 0.3) is 0 Å². The molecule has 2 N–H and O–H groups in total. The molecule has 8 heavy (non-hydrogen) atoms. The molecular weight excluding hydrogens is 124 g/mol. The van der Waals surface area contributed by atoms with Crippen LogP contribution in [0, 0.1) is 0 Å². The van der Waals surface area contributed by atoms with Crippen molar-refractivity contribution in [2.45, 2.75) is 13.3 Å². The third-order valence-corrected chi connectivity index (χ3v) is 0.800. The van der Waals surface area contributed by atoms with Gasteiger partial charge in [-0.1, -0.05) is 6.92 Å². The Hall–Kier alpha value is 0.210. The summed E-state index contributed by atoms with van der Waals surface area (Å²) in [6, 6.07) is 0. The largest absolute Gasteiger partial charge is 1.00 e. The maximum absolute atomic E-state index is 5.58. The molecule has 0 aliphatic heterocycles. The minimum atomic E-state index is 0. The quantitative estimate of drug-likeness (QED) is 0.252. The first-order valence-electron chi connectivity index (χ1n) is 2.68. The molecule has 0 radical (unpaired) electrons. The van der Waals surface area contributed by atoms with E-state index in [2.05, 4.69) is 6.92 Å². The first-order chi connectivity index (χ1) is 3.06. The van der Waals surface area contributed by atoms with Crippen LogP contribution in [0.5, 0.6) is 0 Å². The molecule has 0 rings (SSSR count). The molecule has 0 amide bonds. The van der Waals surface area contributed by atoms with Gasteiger partial charge in [0.25, 0.3) is 0 Å². The summed E-state index contributed by atoms with van der Waals surface area (Å²) in [6.07, 6.45) is 1.16. The van der Waals surface area contributed by atoms with Gasteiger partial charge >= 0.3 is 0 Å². The number of rotatable bonds is 2. The van der Waals surface area contributed by atoms with Gasteiger partial charge in [-0.2, -0.15) is 5.84 Å². The van der Waals surface area contributed by atoms with Crippen molar-refractivity contribution in [1.29, 1.82) is 0 Å². The monoisotopic (exact) mass is 138 g/mol. The van der Waals surface area contributed by atoms with Crippen LogP contribution in [0.2, 0.25) is 0 Å². The van der Waals surface area contributed by atoms with Crippen LogP contribution in [0.1, 0.15) is 13.3 Å². The van der Waals surface area contributed by atoms with Gasteiger partial charge in [-0.15, -0.1) is 0 Å². The Bertz CT molecular complexity index is 48.9. The van der Waals surface area contributed by atoms with Crippen LogP contribution in [0.3, 0.4) is 0 Å². The highest BCUT2D eigenvalue weighted by atomic mass is 35.5. The molecule has 0 aliphatic carbocycles. The molecule has 0 spiro atoms. The van der Waals surface area contributed by atoms with Gasteiger partial charge in [0, 0.05) is 0 Å². The first kappa shape index (κ1) is 11.1. The highest BCUT2D eigenvalue weighted by molar-refractivity contribution is 4.18. The van der Waals surface area contributed by atoms with Crippen LogP contribution in [0.4, 0.5) is 0 Å². The molecule has 0 atom stereocenters. The molecule has 52 valence electrons. The molecular formula is C5H15ClN2. The first-order valence-corrected chi connectivity index (χ1v) is 2.68. The van der Waals surface area contributed by atoms with Gasteiger partial charge in [0.15, 0.2) is 0 Å². The van der Waals surface area contributed by atoms with Crippen molar-refractivity contribution in [1.82, 2.24) is 0 Å². The van der Waals surface area contributed by atoms with Crippen molar-refractivity contribution in [3.63, 3.8) is 0 Å². The molecule has 0 aromatic carbocycles. The normalized spacial score (nSPS) is 10.5. The molecule has 0 bridgehead atoms. The van der Waals surface area contributed by atoms with Crippen molar-refractivity contribution in [2.24, 2.45) is 5.84 Å². The van der Waals surface area contributed by atoms with Gasteiger partial charge in [0.2, 0.25) is 0 Å². The van der Waals surface area contributed by atoms with E-state index < -0.39 is 0 Å². The lowest BCUT2D eigenvalue weighted by molar-refractivity contribution is -0.902. The molecule has 0 saturated heterocycles. The van der Waals surface area contributed by atoms with E-state index in [4.69, 9.17) is 5.84 Å². The van der Waals surface area contributed by atoms with Crippen molar-refractivity contribution in [2.75, 3.05) is 20.6 Å². The fourth-order valence-electron chi connectivity index (χ4n) is 0.576. The zero-order valence-electron chi connectivity index (χ0n) is 5.82. The third-order valence-electron chi connectivity index (χ3n) is 0.800. The summed E-state index contributed by atoms with van der Waals surface area (Å²) in [5.41, 5.74) is 0. The molecule has 2 nitrogen and oxygen atoms in total. The van der Waals surface area contributed by atoms with E-state index in [1.54, 1.807) is 0 Å². The van der Waals surface area contributed by atoms with E-state index in [1.807, 2.05) is 14.1 Å². The van der Waals surface area contributed by atoms with Gasteiger partial charge in [-0.3, -0.25) is 4.59 Å². The predicted molar refractivity (Wildman–Crippen MR) is 31.5 cm³/mol. The van der Waals surface area contributed by atoms with Gasteiger partial charge in [-0.05, 0) is 6.42 Å². The summed E-state index contributed by atoms with van der Waals surface area (Å²) in [6.45, 7) is 3.19. The van der Waals surface area contributed by atoms with E-state index in [0.29, 0.717) is 4.59 Å². The summed E-state index contributed by atoms with van der Waals surface area (Å²) in [4.78, 5) is 0.